The van der Waals surface area contributed by atoms with Crippen LogP contribution in [0.5, 0.6) is 0 Å². The van der Waals surface area contributed by atoms with Gasteiger partial charge in [0, 0.05) is 19.1 Å². The minimum Gasteiger partial charge on any atom is -0.463 e. The van der Waals surface area contributed by atoms with Crippen molar-refractivity contribution in [3.63, 3.8) is 0 Å². The van der Waals surface area contributed by atoms with E-state index in [9.17, 15) is 4.79 Å². The average molecular weight is 495 g/mol. The van der Waals surface area contributed by atoms with Crippen molar-refractivity contribution in [3.8, 4) is 34.8 Å². The molecule has 0 aliphatic carbocycles. The number of esters is 1. The molecule has 0 saturated heterocycles. The van der Waals surface area contributed by atoms with Crippen LogP contribution in [0.15, 0.2) is 70.9 Å². The molecule has 0 aliphatic rings. The van der Waals surface area contributed by atoms with E-state index in [1.54, 1.807) is 25.4 Å². The zero-order chi connectivity index (χ0) is 25.8. The Morgan fingerprint density at radius 2 is 1.69 bits per heavy atom. The maximum absolute atomic E-state index is 12.5. The fourth-order valence-electron chi connectivity index (χ4n) is 3.22. The first-order chi connectivity index (χ1) is 17.4. The molecule has 4 heteroatoms. The van der Waals surface area contributed by atoms with E-state index in [-0.39, 0.29) is 12.4 Å². The zero-order valence-corrected chi connectivity index (χ0v) is 21.9. The first-order valence-electron chi connectivity index (χ1n) is 11.7. The molecule has 0 aliphatic heterocycles. The SMILES string of the molecule is CCOC(=O)C(=Cc1cccc(C=Cc2cccc(-c3ccsc3)c2)c1)CC#CC#CC(C)(C)OC. The van der Waals surface area contributed by atoms with Gasteiger partial charge < -0.3 is 9.47 Å². The van der Waals surface area contributed by atoms with Crippen LogP contribution < -0.4 is 0 Å². The third-order valence-electron chi connectivity index (χ3n) is 5.30. The fraction of sp³-hybridized carbons (Fsp3) is 0.219. The molecular weight excluding hydrogens is 464 g/mol. The molecule has 0 radical (unpaired) electrons. The highest BCUT2D eigenvalue weighted by molar-refractivity contribution is 7.08. The van der Waals surface area contributed by atoms with Crippen molar-refractivity contribution in [1.29, 1.82) is 0 Å². The summed E-state index contributed by atoms with van der Waals surface area (Å²) in [4.78, 5) is 12.5. The van der Waals surface area contributed by atoms with Crippen molar-refractivity contribution >= 4 is 35.5 Å². The first kappa shape index (κ1) is 26.8. The predicted octanol–water partition coefficient (Wildman–Crippen LogP) is 7.35. The Bertz CT molecular complexity index is 1350. The van der Waals surface area contributed by atoms with Crippen molar-refractivity contribution in [1.82, 2.24) is 0 Å². The number of carbonyl (C=O) groups is 1. The highest BCUT2D eigenvalue weighted by atomic mass is 32.1. The minimum absolute atomic E-state index is 0.246. The van der Waals surface area contributed by atoms with Crippen LogP contribution in [-0.4, -0.2) is 25.3 Å². The normalized spacial score (nSPS) is 11.4. The number of methoxy groups -OCH3 is 1. The quantitative estimate of drug-likeness (QED) is 0.142. The number of carbonyl (C=O) groups excluding carboxylic acids is 1. The highest BCUT2D eigenvalue weighted by Crippen LogP contribution is 2.24. The van der Waals surface area contributed by atoms with Gasteiger partial charge in [0.05, 0.1) is 6.61 Å². The van der Waals surface area contributed by atoms with Gasteiger partial charge in [-0.15, -0.1) is 0 Å². The lowest BCUT2D eigenvalue weighted by molar-refractivity contribution is -0.138. The van der Waals surface area contributed by atoms with E-state index in [0.29, 0.717) is 12.2 Å². The van der Waals surface area contributed by atoms with Crippen LogP contribution in [-0.2, 0) is 14.3 Å². The summed E-state index contributed by atoms with van der Waals surface area (Å²) in [5.41, 5.74) is 5.42. The predicted molar refractivity (Wildman–Crippen MR) is 151 cm³/mol. The van der Waals surface area contributed by atoms with Crippen LogP contribution in [0.1, 0.15) is 43.9 Å². The van der Waals surface area contributed by atoms with Crippen molar-refractivity contribution in [2.75, 3.05) is 13.7 Å². The third kappa shape index (κ3) is 8.43. The molecule has 3 nitrogen and oxygen atoms in total. The number of hydrogen-bond acceptors (Lipinski definition) is 4. The number of thiophene rings is 1. The van der Waals surface area contributed by atoms with Crippen LogP contribution in [0.2, 0.25) is 0 Å². The number of ether oxygens (including phenoxy) is 2. The van der Waals surface area contributed by atoms with E-state index in [1.165, 1.54) is 11.1 Å². The van der Waals surface area contributed by atoms with Gasteiger partial charge in [-0.25, -0.2) is 4.79 Å². The van der Waals surface area contributed by atoms with E-state index in [4.69, 9.17) is 9.47 Å². The van der Waals surface area contributed by atoms with Gasteiger partial charge in [-0.05, 0) is 95.5 Å². The Balaban J connectivity index is 1.79. The molecule has 0 saturated carbocycles. The van der Waals surface area contributed by atoms with Gasteiger partial charge in [0.2, 0.25) is 0 Å². The summed E-state index contributed by atoms with van der Waals surface area (Å²) in [5, 5.41) is 4.24. The molecule has 0 spiro atoms. The molecule has 0 unspecified atom stereocenters. The summed E-state index contributed by atoms with van der Waals surface area (Å²) in [7, 11) is 1.61. The molecule has 0 N–H and O–H groups in total. The monoisotopic (exact) mass is 494 g/mol. The Morgan fingerprint density at radius 1 is 0.972 bits per heavy atom. The van der Waals surface area contributed by atoms with Gasteiger partial charge in [-0.1, -0.05) is 60.4 Å². The molecule has 36 heavy (non-hydrogen) atoms. The smallest absolute Gasteiger partial charge is 0.334 e. The Morgan fingerprint density at radius 3 is 2.39 bits per heavy atom. The van der Waals surface area contributed by atoms with E-state index in [0.717, 1.165) is 16.7 Å². The summed E-state index contributed by atoms with van der Waals surface area (Å²) in [6.07, 6.45) is 6.24. The first-order valence-corrected chi connectivity index (χ1v) is 12.7. The summed E-state index contributed by atoms with van der Waals surface area (Å²) in [6.45, 7) is 5.83. The summed E-state index contributed by atoms with van der Waals surface area (Å²) in [6, 6.07) is 18.6. The van der Waals surface area contributed by atoms with Crippen LogP contribution in [0, 0.1) is 23.7 Å². The van der Waals surface area contributed by atoms with E-state index >= 15 is 0 Å². The number of benzene rings is 2. The maximum Gasteiger partial charge on any atom is 0.334 e. The van der Waals surface area contributed by atoms with Gasteiger partial charge in [0.25, 0.3) is 0 Å². The summed E-state index contributed by atoms with van der Waals surface area (Å²) >= 11 is 1.69. The molecule has 0 bridgehead atoms. The molecule has 1 heterocycles. The maximum atomic E-state index is 12.5. The van der Waals surface area contributed by atoms with Gasteiger partial charge >= 0.3 is 5.97 Å². The van der Waals surface area contributed by atoms with Gasteiger partial charge in [-0.2, -0.15) is 11.3 Å². The minimum atomic E-state index is -0.562. The van der Waals surface area contributed by atoms with Crippen LogP contribution >= 0.6 is 11.3 Å². The Labute approximate surface area is 218 Å². The fourth-order valence-corrected chi connectivity index (χ4v) is 3.88. The molecular formula is C32H30O3S. The topological polar surface area (TPSA) is 35.5 Å². The standard InChI is InChI=1S/C32H30O3S/c1-5-35-31(33)29(14-7-6-8-19-32(2,3)34-4)23-27-13-9-11-25(21-27)16-17-26-12-10-15-28(22-26)30-18-20-36-24-30/h9-13,15-18,20-24H,5,14H2,1-4H3. The van der Waals surface area contributed by atoms with E-state index in [1.807, 2.05) is 44.2 Å². The Kier molecular flexibility index (Phi) is 9.90. The van der Waals surface area contributed by atoms with Gasteiger partial charge in [0.15, 0.2) is 0 Å². The van der Waals surface area contributed by atoms with Crippen LogP contribution in [0.3, 0.4) is 0 Å². The highest BCUT2D eigenvalue weighted by Gasteiger charge is 2.11. The molecule has 3 rings (SSSR count). The lowest BCUT2D eigenvalue weighted by atomic mass is 10.0. The molecule has 0 atom stereocenters. The van der Waals surface area contributed by atoms with Crippen molar-refractivity contribution < 1.29 is 14.3 Å². The second-order valence-corrected chi connectivity index (χ2v) is 9.25. The van der Waals surface area contributed by atoms with Crippen molar-refractivity contribution in [2.45, 2.75) is 32.8 Å². The second kappa shape index (κ2) is 13.3. The third-order valence-corrected chi connectivity index (χ3v) is 5.99. The van der Waals surface area contributed by atoms with Crippen molar-refractivity contribution in [3.05, 3.63) is 87.6 Å². The zero-order valence-electron chi connectivity index (χ0n) is 21.1. The summed E-state index contributed by atoms with van der Waals surface area (Å²) < 4.78 is 10.5. The Hall–Kier alpha value is -3.83. The van der Waals surface area contributed by atoms with Crippen LogP contribution in [0.25, 0.3) is 29.4 Å². The molecule has 182 valence electrons. The molecule has 1 aromatic heterocycles. The molecule has 0 amide bonds. The molecule has 0 fully saturated rings. The molecule has 3 aromatic rings. The largest absolute Gasteiger partial charge is 0.463 e. The summed E-state index contributed by atoms with van der Waals surface area (Å²) in [5.74, 6) is 11.1. The molecule has 2 aromatic carbocycles. The van der Waals surface area contributed by atoms with Gasteiger partial charge in [0.1, 0.15) is 5.60 Å². The number of rotatable bonds is 8. The average Bonchev–Trinajstić information content (AvgIpc) is 3.42. The lowest BCUT2D eigenvalue weighted by Crippen LogP contribution is -2.18. The van der Waals surface area contributed by atoms with E-state index < -0.39 is 5.60 Å². The van der Waals surface area contributed by atoms with Crippen LogP contribution in [0.4, 0.5) is 0 Å². The number of hydrogen-bond donors (Lipinski definition) is 0. The van der Waals surface area contributed by atoms with Crippen molar-refractivity contribution in [2.24, 2.45) is 0 Å². The second-order valence-electron chi connectivity index (χ2n) is 8.47. The lowest BCUT2D eigenvalue weighted by Gasteiger charge is -2.13. The van der Waals surface area contributed by atoms with Gasteiger partial charge in [-0.3, -0.25) is 0 Å². The van der Waals surface area contributed by atoms with E-state index in [2.05, 4.69) is 76.9 Å².